The van der Waals surface area contributed by atoms with E-state index in [2.05, 4.69) is 10.3 Å². The molecular formula is C16H24ClN3O2. The SMILES string of the molecule is Cc1cc(C)c(C(=O)N2CC[C@@H]3CNC[C@@H]3CC2)c(=O)[nH]1.Cl. The maximum absolute atomic E-state index is 12.7. The van der Waals surface area contributed by atoms with Gasteiger partial charge < -0.3 is 15.2 Å². The quantitative estimate of drug-likeness (QED) is 0.822. The molecule has 22 heavy (non-hydrogen) atoms. The van der Waals surface area contributed by atoms with Gasteiger partial charge in [-0.2, -0.15) is 0 Å². The van der Waals surface area contributed by atoms with Gasteiger partial charge in [-0.15, -0.1) is 12.4 Å². The zero-order valence-electron chi connectivity index (χ0n) is 13.1. The first-order valence-corrected chi connectivity index (χ1v) is 7.77. The fourth-order valence-corrected chi connectivity index (χ4v) is 3.70. The molecule has 0 radical (unpaired) electrons. The van der Waals surface area contributed by atoms with Crippen molar-refractivity contribution in [1.29, 1.82) is 0 Å². The second-order valence-corrected chi connectivity index (χ2v) is 6.39. The Hall–Kier alpha value is -1.33. The van der Waals surface area contributed by atoms with E-state index in [1.165, 1.54) is 0 Å². The predicted octanol–water partition coefficient (Wildman–Crippen LogP) is 1.49. The summed E-state index contributed by atoms with van der Waals surface area (Å²) >= 11 is 0. The van der Waals surface area contributed by atoms with Crippen molar-refractivity contribution >= 4 is 18.3 Å². The molecule has 1 aromatic rings. The van der Waals surface area contributed by atoms with Crippen LogP contribution in [0.2, 0.25) is 0 Å². The summed E-state index contributed by atoms with van der Waals surface area (Å²) in [4.78, 5) is 29.4. The van der Waals surface area contributed by atoms with Crippen LogP contribution in [0.4, 0.5) is 0 Å². The second kappa shape index (κ2) is 6.84. The van der Waals surface area contributed by atoms with E-state index in [1.54, 1.807) is 0 Å². The molecule has 3 rings (SSSR count). The molecule has 6 heteroatoms. The van der Waals surface area contributed by atoms with Crippen molar-refractivity contribution in [2.45, 2.75) is 26.7 Å². The van der Waals surface area contributed by atoms with Crippen molar-refractivity contribution < 1.29 is 4.79 Å². The maximum atomic E-state index is 12.7. The summed E-state index contributed by atoms with van der Waals surface area (Å²) in [7, 11) is 0. The Balaban J connectivity index is 0.00000176. The first-order valence-electron chi connectivity index (χ1n) is 7.77. The maximum Gasteiger partial charge on any atom is 0.261 e. The van der Waals surface area contributed by atoms with Gasteiger partial charge in [0.15, 0.2) is 0 Å². The van der Waals surface area contributed by atoms with Crippen molar-refractivity contribution in [2.24, 2.45) is 11.8 Å². The molecule has 5 nitrogen and oxygen atoms in total. The van der Waals surface area contributed by atoms with Crippen molar-refractivity contribution in [1.82, 2.24) is 15.2 Å². The fourth-order valence-electron chi connectivity index (χ4n) is 3.70. The van der Waals surface area contributed by atoms with E-state index < -0.39 is 0 Å². The third-order valence-electron chi connectivity index (χ3n) is 4.89. The molecule has 2 aliphatic rings. The number of rotatable bonds is 1. The normalized spacial score (nSPS) is 24.4. The minimum Gasteiger partial charge on any atom is -0.338 e. The number of aromatic nitrogens is 1. The number of H-pyrrole nitrogens is 1. The van der Waals surface area contributed by atoms with Gasteiger partial charge in [-0.1, -0.05) is 0 Å². The van der Waals surface area contributed by atoms with Crippen LogP contribution < -0.4 is 10.9 Å². The average Bonchev–Trinajstić information content (AvgIpc) is 2.76. The van der Waals surface area contributed by atoms with Crippen LogP contribution in [0.15, 0.2) is 10.9 Å². The topological polar surface area (TPSA) is 65.2 Å². The molecule has 2 N–H and O–H groups in total. The zero-order chi connectivity index (χ0) is 15.0. The molecule has 2 atom stereocenters. The van der Waals surface area contributed by atoms with Gasteiger partial charge >= 0.3 is 0 Å². The molecule has 1 aromatic heterocycles. The summed E-state index contributed by atoms with van der Waals surface area (Å²) in [6.45, 7) is 7.32. The van der Waals surface area contributed by atoms with Gasteiger partial charge in [0.1, 0.15) is 5.56 Å². The molecule has 2 fully saturated rings. The molecule has 3 heterocycles. The molecule has 0 unspecified atom stereocenters. The van der Waals surface area contributed by atoms with Crippen molar-refractivity contribution in [2.75, 3.05) is 26.2 Å². The summed E-state index contributed by atoms with van der Waals surface area (Å²) in [5.41, 5.74) is 1.62. The lowest BCUT2D eigenvalue weighted by molar-refractivity contribution is 0.0756. The molecule has 2 saturated heterocycles. The molecule has 122 valence electrons. The third-order valence-corrected chi connectivity index (χ3v) is 4.89. The minimum absolute atomic E-state index is 0. The lowest BCUT2D eigenvalue weighted by Crippen LogP contribution is -2.37. The number of aromatic amines is 1. The number of likely N-dealkylation sites (tertiary alicyclic amines) is 1. The van der Waals surface area contributed by atoms with Crippen LogP contribution in [0.25, 0.3) is 0 Å². The largest absolute Gasteiger partial charge is 0.338 e. The highest BCUT2D eigenvalue weighted by Gasteiger charge is 2.32. The van der Waals surface area contributed by atoms with Gasteiger partial charge in [-0.25, -0.2) is 0 Å². The van der Waals surface area contributed by atoms with Crippen LogP contribution in [0, 0.1) is 25.7 Å². The van der Waals surface area contributed by atoms with Crippen molar-refractivity contribution in [3.63, 3.8) is 0 Å². The molecule has 0 spiro atoms. The van der Waals surface area contributed by atoms with Crippen LogP contribution >= 0.6 is 12.4 Å². The van der Waals surface area contributed by atoms with E-state index in [9.17, 15) is 9.59 Å². The number of fused-ring (bicyclic) bond motifs is 1. The van der Waals surface area contributed by atoms with Crippen LogP contribution in [-0.4, -0.2) is 42.0 Å². The highest BCUT2D eigenvalue weighted by Crippen LogP contribution is 2.27. The van der Waals surface area contributed by atoms with Gasteiger partial charge in [0.25, 0.3) is 11.5 Å². The number of hydrogen-bond acceptors (Lipinski definition) is 3. The Morgan fingerprint density at radius 1 is 1.18 bits per heavy atom. The molecule has 0 aliphatic carbocycles. The van der Waals surface area contributed by atoms with Crippen molar-refractivity contribution in [3.8, 4) is 0 Å². The molecule has 0 saturated carbocycles. The van der Waals surface area contributed by atoms with Gasteiger partial charge in [0.05, 0.1) is 0 Å². The predicted molar refractivity (Wildman–Crippen MR) is 88.8 cm³/mol. The number of carbonyl (C=O) groups excluding carboxylic acids is 1. The Bertz CT molecular complexity index is 600. The Kier molecular flexibility index (Phi) is 5.29. The van der Waals surface area contributed by atoms with Gasteiger partial charge in [0.2, 0.25) is 0 Å². The first kappa shape index (κ1) is 17.0. The summed E-state index contributed by atoms with van der Waals surface area (Å²) in [6, 6.07) is 1.87. The number of pyridine rings is 1. The number of nitrogens with zero attached hydrogens (tertiary/aromatic N) is 1. The number of nitrogens with one attached hydrogen (secondary N) is 2. The summed E-state index contributed by atoms with van der Waals surface area (Å²) in [6.07, 6.45) is 2.07. The average molecular weight is 326 g/mol. The summed E-state index contributed by atoms with van der Waals surface area (Å²) in [5, 5.41) is 3.43. The molecule has 1 amide bonds. The van der Waals surface area contributed by atoms with Gasteiger partial charge in [-0.3, -0.25) is 9.59 Å². The second-order valence-electron chi connectivity index (χ2n) is 6.39. The third kappa shape index (κ3) is 3.20. The van der Waals surface area contributed by atoms with Gasteiger partial charge in [-0.05, 0) is 63.2 Å². The van der Waals surface area contributed by atoms with Crippen LogP contribution in [0.3, 0.4) is 0 Å². The molecular weight excluding hydrogens is 302 g/mol. The number of hydrogen-bond donors (Lipinski definition) is 2. The number of halogens is 1. The van der Waals surface area contributed by atoms with Crippen LogP contribution in [0.5, 0.6) is 0 Å². The van der Waals surface area contributed by atoms with Crippen molar-refractivity contribution in [3.05, 3.63) is 33.2 Å². The van der Waals surface area contributed by atoms with E-state index in [4.69, 9.17) is 0 Å². The standard InChI is InChI=1S/C16H23N3O2.ClH/c1-10-7-11(2)18-15(20)14(10)16(21)19-5-3-12-8-17-9-13(12)4-6-19;/h7,12-13,17H,3-6,8-9H2,1-2H3,(H,18,20);1H/t12-,13+;. The van der Waals surface area contributed by atoms with E-state index >= 15 is 0 Å². The molecule has 0 aromatic carbocycles. The Morgan fingerprint density at radius 3 is 2.32 bits per heavy atom. The summed E-state index contributed by atoms with van der Waals surface area (Å²) in [5.74, 6) is 1.25. The fraction of sp³-hybridized carbons (Fsp3) is 0.625. The number of carbonyl (C=O) groups is 1. The Labute approximate surface area is 136 Å². The van der Waals surface area contributed by atoms with Gasteiger partial charge in [0, 0.05) is 18.8 Å². The first-order chi connectivity index (χ1) is 10.1. The monoisotopic (exact) mass is 325 g/mol. The van der Waals surface area contributed by atoms with Crippen LogP contribution in [0.1, 0.15) is 34.5 Å². The van der Waals surface area contributed by atoms with E-state index in [-0.39, 0.29) is 23.9 Å². The van der Waals surface area contributed by atoms with E-state index in [0.717, 1.165) is 50.3 Å². The highest BCUT2D eigenvalue weighted by atomic mass is 35.5. The zero-order valence-corrected chi connectivity index (χ0v) is 14.0. The van der Waals surface area contributed by atoms with E-state index in [1.807, 2.05) is 24.8 Å². The molecule has 0 bridgehead atoms. The lowest BCUT2D eigenvalue weighted by atomic mass is 9.92. The van der Waals surface area contributed by atoms with Crippen LogP contribution in [-0.2, 0) is 0 Å². The molecule has 2 aliphatic heterocycles. The number of aryl methyl sites for hydroxylation is 2. The van der Waals surface area contributed by atoms with E-state index in [0.29, 0.717) is 17.4 Å². The number of amides is 1. The highest BCUT2D eigenvalue weighted by molar-refractivity contribution is 5.95. The minimum atomic E-state index is -0.261. The smallest absolute Gasteiger partial charge is 0.261 e. The Morgan fingerprint density at radius 2 is 1.77 bits per heavy atom. The lowest BCUT2D eigenvalue weighted by Gasteiger charge is -2.21. The summed E-state index contributed by atoms with van der Waals surface area (Å²) < 4.78 is 0.